The molecule has 0 saturated heterocycles. The molecule has 0 saturated carbocycles. The minimum absolute atomic E-state index is 0.182. The Bertz CT molecular complexity index is 562. The average Bonchev–Trinajstić information content (AvgIpc) is 3.13. The molecule has 106 valence electrons. The van der Waals surface area contributed by atoms with Crippen LogP contribution in [0.1, 0.15) is 16.2 Å². The number of furan rings is 1. The third-order valence-corrected chi connectivity index (χ3v) is 4.59. The van der Waals surface area contributed by atoms with Crippen LogP contribution in [0.4, 0.5) is 0 Å². The first-order valence-electron chi connectivity index (χ1n) is 6.89. The summed E-state index contributed by atoms with van der Waals surface area (Å²) < 4.78 is 5.25. The lowest BCUT2D eigenvalue weighted by molar-refractivity contribution is -0.131. The molecule has 4 nitrogen and oxygen atoms in total. The van der Waals surface area contributed by atoms with E-state index in [9.17, 15) is 4.79 Å². The molecule has 1 N–H and O–H groups in total. The Morgan fingerprint density at radius 3 is 3.25 bits per heavy atom. The van der Waals surface area contributed by atoms with Crippen LogP contribution in [0, 0.1) is 0 Å². The summed E-state index contributed by atoms with van der Waals surface area (Å²) >= 11 is 1.80. The second kappa shape index (κ2) is 6.24. The van der Waals surface area contributed by atoms with Crippen LogP contribution in [0.15, 0.2) is 34.3 Å². The predicted octanol–water partition coefficient (Wildman–Crippen LogP) is 2.06. The monoisotopic (exact) mass is 290 g/mol. The van der Waals surface area contributed by atoms with Gasteiger partial charge in [0.2, 0.25) is 5.91 Å². The van der Waals surface area contributed by atoms with Crippen LogP contribution in [0.5, 0.6) is 0 Å². The molecule has 0 spiro atoms. The van der Waals surface area contributed by atoms with E-state index in [0.29, 0.717) is 6.54 Å². The van der Waals surface area contributed by atoms with Gasteiger partial charge < -0.3 is 14.6 Å². The molecule has 0 fully saturated rings. The predicted molar refractivity (Wildman–Crippen MR) is 78.7 cm³/mol. The van der Waals surface area contributed by atoms with Crippen LogP contribution in [0.25, 0.3) is 0 Å². The molecule has 0 unspecified atom stereocenters. The topological polar surface area (TPSA) is 45.5 Å². The lowest BCUT2D eigenvalue weighted by Crippen LogP contribution is -2.41. The number of carbonyl (C=O) groups is 1. The van der Waals surface area contributed by atoms with E-state index in [1.807, 2.05) is 17.0 Å². The maximum absolute atomic E-state index is 12.1. The zero-order valence-electron chi connectivity index (χ0n) is 11.3. The number of fused-ring (bicyclic) bond motifs is 1. The molecular weight excluding hydrogens is 272 g/mol. The molecule has 0 aliphatic carbocycles. The molecule has 3 rings (SSSR count). The van der Waals surface area contributed by atoms with E-state index in [1.165, 1.54) is 10.4 Å². The van der Waals surface area contributed by atoms with E-state index in [1.54, 1.807) is 17.6 Å². The number of amides is 1. The molecule has 0 radical (unpaired) electrons. The third kappa shape index (κ3) is 3.11. The molecule has 3 heterocycles. The van der Waals surface area contributed by atoms with Crippen LogP contribution < -0.4 is 5.32 Å². The molecule has 0 aromatic carbocycles. The van der Waals surface area contributed by atoms with Gasteiger partial charge in [0.05, 0.1) is 12.8 Å². The van der Waals surface area contributed by atoms with E-state index in [2.05, 4.69) is 16.8 Å². The summed E-state index contributed by atoms with van der Waals surface area (Å²) in [6.07, 6.45) is 3.48. The van der Waals surface area contributed by atoms with Crippen LogP contribution in [0.2, 0.25) is 0 Å². The van der Waals surface area contributed by atoms with Crippen molar-refractivity contribution >= 4 is 17.2 Å². The van der Waals surface area contributed by atoms with Gasteiger partial charge in [-0.25, -0.2) is 0 Å². The largest absolute Gasteiger partial charge is 0.469 e. The van der Waals surface area contributed by atoms with E-state index in [-0.39, 0.29) is 5.91 Å². The van der Waals surface area contributed by atoms with Crippen molar-refractivity contribution in [3.05, 3.63) is 46.0 Å². The molecular formula is C15H18N2O2S. The fourth-order valence-corrected chi connectivity index (χ4v) is 3.32. The Labute approximate surface area is 122 Å². The summed E-state index contributed by atoms with van der Waals surface area (Å²) in [6, 6.07) is 5.96. The number of nitrogens with one attached hydrogen (secondary N) is 1. The Kier molecular flexibility index (Phi) is 4.18. The highest BCUT2D eigenvalue weighted by Gasteiger charge is 2.20. The number of rotatable bonds is 5. The van der Waals surface area contributed by atoms with E-state index in [0.717, 1.165) is 38.2 Å². The summed E-state index contributed by atoms with van der Waals surface area (Å²) in [6.45, 7) is 2.76. The van der Waals surface area contributed by atoms with Crippen molar-refractivity contribution in [2.75, 3.05) is 19.6 Å². The third-order valence-electron chi connectivity index (χ3n) is 3.56. The molecule has 2 aromatic heterocycles. The minimum Gasteiger partial charge on any atom is -0.469 e. The van der Waals surface area contributed by atoms with Crippen LogP contribution >= 0.6 is 11.3 Å². The average molecular weight is 290 g/mol. The van der Waals surface area contributed by atoms with E-state index >= 15 is 0 Å². The molecule has 1 aliphatic rings. The van der Waals surface area contributed by atoms with Crippen molar-refractivity contribution in [3.63, 3.8) is 0 Å². The zero-order chi connectivity index (χ0) is 13.8. The van der Waals surface area contributed by atoms with Crippen LogP contribution in [-0.2, 0) is 24.2 Å². The summed E-state index contributed by atoms with van der Waals surface area (Å²) in [4.78, 5) is 15.5. The number of carbonyl (C=O) groups excluding carboxylic acids is 1. The van der Waals surface area contributed by atoms with Gasteiger partial charge in [0, 0.05) is 30.9 Å². The minimum atomic E-state index is 0.182. The SMILES string of the molecule is O=C(CNCCc1ccco1)N1CCc2sccc2C1. The normalized spacial score (nSPS) is 14.3. The van der Waals surface area contributed by atoms with Gasteiger partial charge in [-0.3, -0.25) is 4.79 Å². The maximum Gasteiger partial charge on any atom is 0.236 e. The molecule has 5 heteroatoms. The van der Waals surface area contributed by atoms with Gasteiger partial charge in [-0.1, -0.05) is 0 Å². The van der Waals surface area contributed by atoms with Gasteiger partial charge in [0.25, 0.3) is 0 Å². The van der Waals surface area contributed by atoms with Gasteiger partial charge in [-0.05, 0) is 35.6 Å². The quantitative estimate of drug-likeness (QED) is 0.857. The van der Waals surface area contributed by atoms with Crippen LogP contribution in [-0.4, -0.2) is 30.4 Å². The van der Waals surface area contributed by atoms with Crippen molar-refractivity contribution in [1.29, 1.82) is 0 Å². The number of hydrogen-bond donors (Lipinski definition) is 1. The molecule has 1 aliphatic heterocycles. The summed E-state index contributed by atoms with van der Waals surface area (Å²) in [7, 11) is 0. The highest BCUT2D eigenvalue weighted by atomic mass is 32.1. The van der Waals surface area contributed by atoms with Gasteiger partial charge >= 0.3 is 0 Å². The molecule has 0 atom stereocenters. The molecule has 20 heavy (non-hydrogen) atoms. The lowest BCUT2D eigenvalue weighted by Gasteiger charge is -2.27. The Balaban J connectivity index is 1.41. The summed E-state index contributed by atoms with van der Waals surface area (Å²) in [5, 5.41) is 5.30. The highest BCUT2D eigenvalue weighted by molar-refractivity contribution is 7.10. The first kappa shape index (κ1) is 13.4. The molecule has 2 aromatic rings. The van der Waals surface area contributed by atoms with Crippen molar-refractivity contribution in [2.45, 2.75) is 19.4 Å². The van der Waals surface area contributed by atoms with Crippen LogP contribution in [0.3, 0.4) is 0 Å². The maximum atomic E-state index is 12.1. The van der Waals surface area contributed by atoms with Gasteiger partial charge in [-0.2, -0.15) is 0 Å². The summed E-state index contributed by atoms with van der Waals surface area (Å²) in [5.41, 5.74) is 1.31. The van der Waals surface area contributed by atoms with E-state index < -0.39 is 0 Å². The summed E-state index contributed by atoms with van der Waals surface area (Å²) in [5.74, 6) is 1.13. The van der Waals surface area contributed by atoms with Crippen molar-refractivity contribution in [1.82, 2.24) is 10.2 Å². The standard InChI is InChI=1S/C15H18N2O2S/c18-15(10-16-6-3-13-2-1-8-19-13)17-7-4-14-12(11-17)5-9-20-14/h1-2,5,8-9,16H,3-4,6-7,10-11H2. The van der Waals surface area contributed by atoms with Gasteiger partial charge in [0.15, 0.2) is 0 Å². The van der Waals surface area contributed by atoms with E-state index in [4.69, 9.17) is 4.42 Å². The fourth-order valence-electron chi connectivity index (χ4n) is 2.43. The Morgan fingerprint density at radius 2 is 2.40 bits per heavy atom. The zero-order valence-corrected chi connectivity index (χ0v) is 12.1. The number of thiophene rings is 1. The first-order chi connectivity index (χ1) is 9.83. The number of hydrogen-bond acceptors (Lipinski definition) is 4. The van der Waals surface area contributed by atoms with Crippen molar-refractivity contribution in [2.24, 2.45) is 0 Å². The highest BCUT2D eigenvalue weighted by Crippen LogP contribution is 2.23. The second-order valence-corrected chi connectivity index (χ2v) is 5.94. The van der Waals surface area contributed by atoms with Gasteiger partial charge in [0.1, 0.15) is 5.76 Å². The van der Waals surface area contributed by atoms with Gasteiger partial charge in [-0.15, -0.1) is 11.3 Å². The number of nitrogens with zero attached hydrogens (tertiary/aromatic N) is 1. The molecule has 1 amide bonds. The Hall–Kier alpha value is -1.59. The fraction of sp³-hybridized carbons (Fsp3) is 0.400. The Morgan fingerprint density at radius 1 is 1.45 bits per heavy atom. The lowest BCUT2D eigenvalue weighted by atomic mass is 10.1. The molecule has 0 bridgehead atoms. The van der Waals surface area contributed by atoms with Crippen molar-refractivity contribution in [3.8, 4) is 0 Å². The van der Waals surface area contributed by atoms with Crippen molar-refractivity contribution < 1.29 is 9.21 Å². The first-order valence-corrected chi connectivity index (χ1v) is 7.77. The smallest absolute Gasteiger partial charge is 0.236 e. The second-order valence-electron chi connectivity index (χ2n) is 4.94.